The number of nitrogens with zero attached hydrogens (tertiary/aromatic N) is 1. The van der Waals surface area contributed by atoms with Crippen molar-refractivity contribution in [1.29, 1.82) is 0 Å². The number of benzene rings is 3. The predicted octanol–water partition coefficient (Wildman–Crippen LogP) is 6.15. The summed E-state index contributed by atoms with van der Waals surface area (Å²) in [6.45, 7) is 1.86. The predicted molar refractivity (Wildman–Crippen MR) is 123 cm³/mol. The van der Waals surface area contributed by atoms with Gasteiger partial charge in [-0.05, 0) is 67.1 Å². The highest BCUT2D eigenvalue weighted by Crippen LogP contribution is 2.23. The van der Waals surface area contributed by atoms with Crippen LogP contribution in [0.1, 0.15) is 28.9 Å². The van der Waals surface area contributed by atoms with E-state index in [1.54, 1.807) is 61.6 Å². The minimum absolute atomic E-state index is 0.154. The van der Waals surface area contributed by atoms with Crippen LogP contribution in [0.15, 0.2) is 72.8 Å². The lowest BCUT2D eigenvalue weighted by Crippen LogP contribution is -2.31. The van der Waals surface area contributed by atoms with E-state index in [9.17, 15) is 9.59 Å². The molecule has 0 saturated carbocycles. The fraction of sp³-hybridized carbons (Fsp3) is 0.130. The van der Waals surface area contributed by atoms with Crippen molar-refractivity contribution in [3.63, 3.8) is 0 Å². The van der Waals surface area contributed by atoms with Crippen LogP contribution in [0.3, 0.4) is 0 Å². The summed E-state index contributed by atoms with van der Waals surface area (Å²) in [5.74, 6) is -0.154. The van der Waals surface area contributed by atoms with Gasteiger partial charge in [-0.3, -0.25) is 4.79 Å². The lowest BCUT2D eigenvalue weighted by atomic mass is 10.1. The van der Waals surface area contributed by atoms with Crippen LogP contribution in [0.5, 0.6) is 0 Å². The lowest BCUT2D eigenvalue weighted by Gasteiger charge is -2.19. The molecular formula is C23H21Cl2N3O2. The van der Waals surface area contributed by atoms with Crippen molar-refractivity contribution in [2.75, 3.05) is 17.3 Å². The van der Waals surface area contributed by atoms with E-state index in [1.807, 2.05) is 25.1 Å². The second-order valence-electron chi connectivity index (χ2n) is 6.76. The van der Waals surface area contributed by atoms with Crippen LogP contribution in [-0.2, 0) is 0 Å². The third kappa shape index (κ3) is 5.32. The van der Waals surface area contributed by atoms with Crippen molar-refractivity contribution in [3.8, 4) is 0 Å². The van der Waals surface area contributed by atoms with Gasteiger partial charge in [-0.25, -0.2) is 4.79 Å². The summed E-state index contributed by atoms with van der Waals surface area (Å²) in [5.41, 5.74) is 2.68. The van der Waals surface area contributed by atoms with Gasteiger partial charge >= 0.3 is 6.03 Å². The second kappa shape index (κ2) is 9.65. The van der Waals surface area contributed by atoms with Gasteiger partial charge in [0.05, 0.1) is 6.04 Å². The molecule has 0 aliphatic carbocycles. The molecule has 1 unspecified atom stereocenters. The van der Waals surface area contributed by atoms with Crippen LogP contribution in [0.4, 0.5) is 16.2 Å². The molecule has 3 aromatic carbocycles. The fourth-order valence-corrected chi connectivity index (χ4v) is 3.36. The van der Waals surface area contributed by atoms with Crippen molar-refractivity contribution in [3.05, 3.63) is 94.0 Å². The van der Waals surface area contributed by atoms with Crippen LogP contribution >= 0.6 is 23.2 Å². The van der Waals surface area contributed by atoms with Crippen molar-refractivity contribution in [1.82, 2.24) is 5.32 Å². The Morgan fingerprint density at radius 3 is 2.17 bits per heavy atom. The Labute approximate surface area is 185 Å². The van der Waals surface area contributed by atoms with E-state index in [4.69, 9.17) is 23.2 Å². The molecule has 0 radical (unpaired) electrons. The first-order chi connectivity index (χ1) is 14.3. The molecule has 0 bridgehead atoms. The standard InChI is InChI=1S/C23H21Cl2N3O2/c1-15(20-5-3-4-6-21(20)25)26-23(30)27-18-11-13-19(14-12-18)28(2)22(29)16-7-9-17(24)10-8-16/h3-15H,1-2H3,(H2,26,27,30). The van der Waals surface area contributed by atoms with Gasteiger partial charge in [-0.1, -0.05) is 41.4 Å². The molecule has 154 valence electrons. The molecule has 5 nitrogen and oxygen atoms in total. The van der Waals surface area contributed by atoms with E-state index in [1.165, 1.54) is 4.90 Å². The van der Waals surface area contributed by atoms with Gasteiger partial charge in [0.15, 0.2) is 0 Å². The summed E-state index contributed by atoms with van der Waals surface area (Å²) < 4.78 is 0. The van der Waals surface area contributed by atoms with E-state index in [2.05, 4.69) is 10.6 Å². The second-order valence-corrected chi connectivity index (χ2v) is 7.60. The molecule has 0 spiro atoms. The molecule has 3 aromatic rings. The Morgan fingerprint density at radius 2 is 1.53 bits per heavy atom. The number of rotatable bonds is 5. The molecule has 0 fully saturated rings. The van der Waals surface area contributed by atoms with Gasteiger partial charge in [0, 0.05) is 34.0 Å². The van der Waals surface area contributed by atoms with Crippen LogP contribution in [0.2, 0.25) is 10.0 Å². The molecule has 3 rings (SSSR count). The number of nitrogens with one attached hydrogen (secondary N) is 2. The van der Waals surface area contributed by atoms with Crippen molar-refractivity contribution in [2.24, 2.45) is 0 Å². The summed E-state index contributed by atoms with van der Waals surface area (Å²) in [4.78, 5) is 26.4. The van der Waals surface area contributed by atoms with E-state index < -0.39 is 0 Å². The molecule has 2 N–H and O–H groups in total. The zero-order valence-electron chi connectivity index (χ0n) is 16.5. The number of anilines is 2. The Kier molecular flexibility index (Phi) is 6.98. The zero-order valence-corrected chi connectivity index (χ0v) is 18.0. The third-order valence-corrected chi connectivity index (χ3v) is 5.22. The average molecular weight is 442 g/mol. The Hall–Kier alpha value is -3.02. The normalized spacial score (nSPS) is 11.5. The third-order valence-electron chi connectivity index (χ3n) is 4.63. The van der Waals surface area contributed by atoms with E-state index in [0.29, 0.717) is 27.0 Å². The highest BCUT2D eigenvalue weighted by Gasteiger charge is 2.15. The average Bonchev–Trinajstić information content (AvgIpc) is 2.74. The Morgan fingerprint density at radius 1 is 0.900 bits per heavy atom. The molecule has 1 atom stereocenters. The zero-order chi connectivity index (χ0) is 21.7. The van der Waals surface area contributed by atoms with E-state index in [0.717, 1.165) is 5.56 Å². The molecule has 0 aliphatic rings. The maximum Gasteiger partial charge on any atom is 0.319 e. The lowest BCUT2D eigenvalue weighted by molar-refractivity contribution is 0.0993. The molecule has 7 heteroatoms. The SMILES string of the molecule is CC(NC(=O)Nc1ccc(N(C)C(=O)c2ccc(Cl)cc2)cc1)c1ccccc1Cl. The molecule has 0 aromatic heterocycles. The van der Waals surface area contributed by atoms with Gasteiger partial charge in [0.1, 0.15) is 0 Å². The monoisotopic (exact) mass is 441 g/mol. The van der Waals surface area contributed by atoms with Gasteiger partial charge in [-0.15, -0.1) is 0 Å². The number of halogens is 2. The first-order valence-corrected chi connectivity index (χ1v) is 10.1. The number of hydrogen-bond acceptors (Lipinski definition) is 2. The quantitative estimate of drug-likeness (QED) is 0.498. The largest absolute Gasteiger partial charge is 0.331 e. The molecule has 0 saturated heterocycles. The van der Waals surface area contributed by atoms with Gasteiger partial charge < -0.3 is 15.5 Å². The minimum atomic E-state index is -0.347. The van der Waals surface area contributed by atoms with Crippen LogP contribution in [-0.4, -0.2) is 19.0 Å². The Bertz CT molecular complexity index is 1040. The van der Waals surface area contributed by atoms with Crippen LogP contribution < -0.4 is 15.5 Å². The number of urea groups is 1. The highest BCUT2D eigenvalue weighted by atomic mass is 35.5. The summed E-state index contributed by atoms with van der Waals surface area (Å²) in [6, 6.07) is 20.5. The topological polar surface area (TPSA) is 61.4 Å². The summed E-state index contributed by atoms with van der Waals surface area (Å²) in [5, 5.41) is 6.82. The van der Waals surface area contributed by atoms with Crippen LogP contribution in [0.25, 0.3) is 0 Å². The van der Waals surface area contributed by atoms with Crippen molar-refractivity contribution in [2.45, 2.75) is 13.0 Å². The van der Waals surface area contributed by atoms with Gasteiger partial charge in [-0.2, -0.15) is 0 Å². The summed E-state index contributed by atoms with van der Waals surface area (Å²) >= 11 is 12.1. The van der Waals surface area contributed by atoms with Gasteiger partial charge in [0.25, 0.3) is 5.91 Å². The maximum atomic E-state index is 12.6. The van der Waals surface area contributed by atoms with Crippen LogP contribution in [0, 0.1) is 0 Å². The smallest absolute Gasteiger partial charge is 0.319 e. The van der Waals surface area contributed by atoms with Crippen molar-refractivity contribution >= 4 is 46.5 Å². The molecular weight excluding hydrogens is 421 g/mol. The summed E-state index contributed by atoms with van der Waals surface area (Å²) in [6.07, 6.45) is 0. The first-order valence-electron chi connectivity index (χ1n) is 9.31. The molecule has 0 heterocycles. The molecule has 30 heavy (non-hydrogen) atoms. The Balaban J connectivity index is 1.61. The van der Waals surface area contributed by atoms with Crippen molar-refractivity contribution < 1.29 is 9.59 Å². The van der Waals surface area contributed by atoms with Gasteiger partial charge in [0.2, 0.25) is 0 Å². The minimum Gasteiger partial charge on any atom is -0.331 e. The van der Waals surface area contributed by atoms with E-state index in [-0.39, 0.29) is 18.0 Å². The maximum absolute atomic E-state index is 12.6. The number of carbonyl (C=O) groups is 2. The molecule has 0 aliphatic heterocycles. The number of amides is 3. The highest BCUT2D eigenvalue weighted by molar-refractivity contribution is 6.31. The first kappa shape index (κ1) is 21.7. The fourth-order valence-electron chi connectivity index (χ4n) is 2.94. The number of hydrogen-bond donors (Lipinski definition) is 2. The molecule has 3 amide bonds. The van der Waals surface area contributed by atoms with E-state index >= 15 is 0 Å². The summed E-state index contributed by atoms with van der Waals surface area (Å²) in [7, 11) is 1.69. The number of carbonyl (C=O) groups excluding carboxylic acids is 2.